The predicted molar refractivity (Wildman–Crippen MR) is 94.2 cm³/mol. The standard InChI is InChI=1S/C19H21N3O4/c1-22(11-15-20-14-7-3-2-6-12(14)17(24)21-15)18(25)13-10-16(23)26-19(13)8-4-5-9-19/h2-3,6-7,13H,4-5,8-11H2,1H3,(H,20,21,24)/t13-/m1/s1. The molecule has 0 bridgehead atoms. The van der Waals surface area contributed by atoms with E-state index in [4.69, 9.17) is 4.74 Å². The average Bonchev–Trinajstić information content (AvgIpc) is 3.21. The zero-order valence-electron chi connectivity index (χ0n) is 14.7. The summed E-state index contributed by atoms with van der Waals surface area (Å²) in [6, 6.07) is 7.09. The largest absolute Gasteiger partial charge is 0.458 e. The van der Waals surface area contributed by atoms with Crippen LogP contribution in [0.3, 0.4) is 0 Å². The maximum absolute atomic E-state index is 13.0. The number of nitrogens with one attached hydrogen (secondary N) is 1. The van der Waals surface area contributed by atoms with Crippen molar-refractivity contribution in [3.63, 3.8) is 0 Å². The third-order valence-corrected chi connectivity index (χ3v) is 5.50. The highest BCUT2D eigenvalue weighted by Crippen LogP contribution is 2.46. The molecule has 1 saturated heterocycles. The van der Waals surface area contributed by atoms with Crippen LogP contribution in [0.25, 0.3) is 10.9 Å². The number of hydrogen-bond acceptors (Lipinski definition) is 5. The molecule has 136 valence electrons. The number of hydrogen-bond donors (Lipinski definition) is 1. The quantitative estimate of drug-likeness (QED) is 0.847. The van der Waals surface area contributed by atoms with Gasteiger partial charge in [-0.15, -0.1) is 0 Å². The molecule has 1 spiro atoms. The lowest BCUT2D eigenvalue weighted by molar-refractivity contribution is -0.151. The molecule has 1 atom stereocenters. The van der Waals surface area contributed by atoms with Crippen LogP contribution in [0, 0.1) is 5.92 Å². The van der Waals surface area contributed by atoms with Gasteiger partial charge in [-0.3, -0.25) is 14.4 Å². The van der Waals surface area contributed by atoms with E-state index in [0.29, 0.717) is 16.7 Å². The summed E-state index contributed by atoms with van der Waals surface area (Å²) in [5.74, 6) is -0.450. The van der Waals surface area contributed by atoms with Crippen molar-refractivity contribution >= 4 is 22.8 Å². The molecule has 1 aliphatic carbocycles. The van der Waals surface area contributed by atoms with Gasteiger partial charge in [0.15, 0.2) is 0 Å². The average molecular weight is 355 g/mol. The van der Waals surface area contributed by atoms with Crippen LogP contribution in [0.1, 0.15) is 37.9 Å². The molecule has 1 saturated carbocycles. The second kappa shape index (κ2) is 6.23. The lowest BCUT2D eigenvalue weighted by Crippen LogP contribution is -2.43. The first-order chi connectivity index (χ1) is 12.5. The molecule has 2 aliphatic rings. The molecule has 1 aromatic carbocycles. The molecule has 7 heteroatoms. The minimum absolute atomic E-state index is 0.130. The Balaban J connectivity index is 1.56. The summed E-state index contributed by atoms with van der Waals surface area (Å²) in [6.07, 6.45) is 3.56. The van der Waals surface area contributed by atoms with Crippen molar-refractivity contribution in [3.05, 3.63) is 40.4 Å². The van der Waals surface area contributed by atoms with Crippen molar-refractivity contribution in [3.8, 4) is 0 Å². The van der Waals surface area contributed by atoms with Gasteiger partial charge in [0.1, 0.15) is 11.4 Å². The van der Waals surface area contributed by atoms with E-state index in [-0.39, 0.29) is 30.4 Å². The summed E-state index contributed by atoms with van der Waals surface area (Å²) >= 11 is 0. The fourth-order valence-electron chi connectivity index (χ4n) is 4.21. The van der Waals surface area contributed by atoms with E-state index >= 15 is 0 Å². The second-order valence-electron chi connectivity index (χ2n) is 7.23. The summed E-state index contributed by atoms with van der Waals surface area (Å²) in [6.45, 7) is 0.180. The van der Waals surface area contributed by atoms with Gasteiger partial charge in [0.05, 0.1) is 29.8 Å². The van der Waals surface area contributed by atoms with E-state index in [2.05, 4.69) is 9.97 Å². The highest BCUT2D eigenvalue weighted by atomic mass is 16.6. The summed E-state index contributed by atoms with van der Waals surface area (Å²) < 4.78 is 5.56. The summed E-state index contributed by atoms with van der Waals surface area (Å²) in [5, 5.41) is 0.518. The molecule has 2 aromatic rings. The van der Waals surface area contributed by atoms with Crippen molar-refractivity contribution in [1.29, 1.82) is 0 Å². The lowest BCUT2D eigenvalue weighted by atomic mass is 9.84. The topological polar surface area (TPSA) is 92.4 Å². The van der Waals surface area contributed by atoms with Crippen molar-refractivity contribution in [1.82, 2.24) is 14.9 Å². The van der Waals surface area contributed by atoms with Gasteiger partial charge in [0.25, 0.3) is 5.56 Å². The summed E-state index contributed by atoms with van der Waals surface area (Å²) in [7, 11) is 1.67. The number of rotatable bonds is 3. The van der Waals surface area contributed by atoms with Gasteiger partial charge in [0.2, 0.25) is 5.91 Å². The molecule has 26 heavy (non-hydrogen) atoms. The van der Waals surface area contributed by atoms with E-state index in [1.807, 2.05) is 6.07 Å². The third-order valence-electron chi connectivity index (χ3n) is 5.50. The molecule has 2 heterocycles. The molecule has 1 aliphatic heterocycles. The Morgan fingerprint density at radius 2 is 2.04 bits per heavy atom. The third kappa shape index (κ3) is 2.77. The fraction of sp³-hybridized carbons (Fsp3) is 0.474. The van der Waals surface area contributed by atoms with E-state index in [1.54, 1.807) is 25.2 Å². The van der Waals surface area contributed by atoms with Crippen molar-refractivity contribution in [2.45, 2.75) is 44.2 Å². The smallest absolute Gasteiger partial charge is 0.307 e. The number of esters is 1. The van der Waals surface area contributed by atoms with Crippen LogP contribution in [-0.4, -0.2) is 39.4 Å². The first-order valence-electron chi connectivity index (χ1n) is 8.93. The van der Waals surface area contributed by atoms with Crippen LogP contribution in [0.15, 0.2) is 29.1 Å². The minimum atomic E-state index is -0.632. The van der Waals surface area contributed by atoms with Crippen LogP contribution in [0.5, 0.6) is 0 Å². The Hall–Kier alpha value is -2.70. The number of fused-ring (bicyclic) bond motifs is 1. The molecule has 7 nitrogen and oxygen atoms in total. The molecule has 4 rings (SSSR count). The van der Waals surface area contributed by atoms with Gasteiger partial charge in [0, 0.05) is 7.05 Å². The zero-order valence-corrected chi connectivity index (χ0v) is 14.7. The zero-order chi connectivity index (χ0) is 18.3. The number of nitrogens with zero attached hydrogens (tertiary/aromatic N) is 2. The Labute approximate surface area is 150 Å². The highest BCUT2D eigenvalue weighted by Gasteiger charge is 2.54. The van der Waals surface area contributed by atoms with Gasteiger partial charge < -0.3 is 14.6 Å². The maximum atomic E-state index is 13.0. The lowest BCUT2D eigenvalue weighted by Gasteiger charge is -2.30. The van der Waals surface area contributed by atoms with Crippen molar-refractivity contribution < 1.29 is 14.3 Å². The number of benzene rings is 1. The number of carbonyl (C=O) groups is 2. The predicted octanol–water partition coefficient (Wildman–Crippen LogP) is 1.76. The number of amides is 1. The molecular weight excluding hydrogens is 334 g/mol. The number of carbonyl (C=O) groups excluding carboxylic acids is 2. The molecular formula is C19H21N3O4. The van der Waals surface area contributed by atoms with E-state index < -0.39 is 11.5 Å². The van der Waals surface area contributed by atoms with E-state index in [9.17, 15) is 14.4 Å². The van der Waals surface area contributed by atoms with Gasteiger partial charge in [-0.1, -0.05) is 12.1 Å². The van der Waals surface area contributed by atoms with Crippen molar-refractivity contribution in [2.75, 3.05) is 7.05 Å². The fourth-order valence-corrected chi connectivity index (χ4v) is 4.21. The second-order valence-corrected chi connectivity index (χ2v) is 7.23. The van der Waals surface area contributed by atoms with Crippen LogP contribution in [0.4, 0.5) is 0 Å². The van der Waals surface area contributed by atoms with E-state index in [0.717, 1.165) is 25.7 Å². The Kier molecular flexibility index (Phi) is 4.01. The monoisotopic (exact) mass is 355 g/mol. The Morgan fingerprint density at radius 1 is 1.31 bits per heavy atom. The first kappa shape index (κ1) is 16.8. The normalized spacial score (nSPS) is 21.3. The molecule has 0 unspecified atom stereocenters. The van der Waals surface area contributed by atoms with Gasteiger partial charge in [-0.05, 0) is 37.8 Å². The molecule has 1 aromatic heterocycles. The van der Waals surface area contributed by atoms with Crippen LogP contribution in [0.2, 0.25) is 0 Å². The van der Waals surface area contributed by atoms with Crippen LogP contribution < -0.4 is 5.56 Å². The number of aromatic nitrogens is 2. The molecule has 2 fully saturated rings. The number of para-hydroxylation sites is 1. The van der Waals surface area contributed by atoms with E-state index in [1.165, 1.54) is 4.90 Å². The minimum Gasteiger partial charge on any atom is -0.458 e. The van der Waals surface area contributed by atoms with Crippen molar-refractivity contribution in [2.24, 2.45) is 5.92 Å². The highest BCUT2D eigenvalue weighted by molar-refractivity contribution is 5.88. The summed E-state index contributed by atoms with van der Waals surface area (Å²) in [4.78, 5) is 45.7. The van der Waals surface area contributed by atoms with Crippen LogP contribution in [-0.2, 0) is 20.9 Å². The maximum Gasteiger partial charge on any atom is 0.307 e. The molecule has 1 N–H and O–H groups in total. The first-order valence-corrected chi connectivity index (χ1v) is 8.93. The van der Waals surface area contributed by atoms with Gasteiger partial charge >= 0.3 is 5.97 Å². The molecule has 1 amide bonds. The Morgan fingerprint density at radius 3 is 2.81 bits per heavy atom. The Bertz CT molecular complexity index is 930. The molecule has 0 radical (unpaired) electrons. The van der Waals surface area contributed by atoms with Gasteiger partial charge in [-0.2, -0.15) is 0 Å². The van der Waals surface area contributed by atoms with Crippen LogP contribution >= 0.6 is 0 Å². The number of ether oxygens (including phenoxy) is 1. The SMILES string of the molecule is CN(Cc1nc2ccccc2c(=O)[nH]1)C(=O)[C@H]1CC(=O)OC12CCCC2. The van der Waals surface area contributed by atoms with Gasteiger partial charge in [-0.25, -0.2) is 4.98 Å². The summed E-state index contributed by atoms with van der Waals surface area (Å²) in [5.41, 5.74) is -0.260. The number of H-pyrrole nitrogens is 1. The number of aromatic amines is 1.